The van der Waals surface area contributed by atoms with Crippen molar-refractivity contribution in [3.05, 3.63) is 29.8 Å². The first-order valence-electron chi connectivity index (χ1n) is 4.11. The molecule has 0 aliphatic carbocycles. The second-order valence-electron chi connectivity index (χ2n) is 3.04. The van der Waals surface area contributed by atoms with Crippen LogP contribution in [-0.4, -0.2) is 13.3 Å². The van der Waals surface area contributed by atoms with Gasteiger partial charge in [0.1, 0.15) is 0 Å². The summed E-state index contributed by atoms with van der Waals surface area (Å²) in [5.41, 5.74) is -2.22. The SMILES string of the molecule is CN(c1ccccc1C(F)(F)F)C(F)(F)F. The zero-order valence-electron chi connectivity index (χ0n) is 8.02. The van der Waals surface area contributed by atoms with E-state index in [4.69, 9.17) is 0 Å². The van der Waals surface area contributed by atoms with Crippen molar-refractivity contribution in [2.45, 2.75) is 12.5 Å². The average Bonchev–Trinajstić information content (AvgIpc) is 2.14. The van der Waals surface area contributed by atoms with Gasteiger partial charge in [0.15, 0.2) is 0 Å². The average molecular weight is 243 g/mol. The number of alkyl halides is 6. The first-order valence-corrected chi connectivity index (χ1v) is 4.11. The summed E-state index contributed by atoms with van der Waals surface area (Å²) < 4.78 is 74.0. The predicted octanol–water partition coefficient (Wildman–Crippen LogP) is 3.66. The zero-order chi connectivity index (χ0) is 12.6. The zero-order valence-corrected chi connectivity index (χ0v) is 8.02. The molecule has 0 bridgehead atoms. The summed E-state index contributed by atoms with van der Waals surface area (Å²) in [6.07, 6.45) is -9.66. The van der Waals surface area contributed by atoms with Crippen LogP contribution < -0.4 is 4.90 Å². The summed E-state index contributed by atoms with van der Waals surface area (Å²) in [7, 11) is 0.546. The first kappa shape index (κ1) is 12.7. The summed E-state index contributed by atoms with van der Waals surface area (Å²) >= 11 is 0. The molecule has 0 aromatic heterocycles. The molecule has 0 saturated carbocycles. The maximum Gasteiger partial charge on any atom is 0.484 e. The maximum absolute atomic E-state index is 12.4. The Balaban J connectivity index is 3.25. The van der Waals surface area contributed by atoms with Crippen molar-refractivity contribution >= 4 is 5.69 Å². The van der Waals surface area contributed by atoms with Crippen LogP contribution in [0.3, 0.4) is 0 Å². The van der Waals surface area contributed by atoms with E-state index in [0.717, 1.165) is 18.2 Å². The molecule has 1 rings (SSSR count). The number of hydrogen-bond donors (Lipinski definition) is 0. The molecule has 0 atom stereocenters. The maximum atomic E-state index is 12.4. The number of nitrogens with zero attached hydrogens (tertiary/aromatic N) is 1. The molecule has 0 unspecified atom stereocenters. The van der Waals surface area contributed by atoms with Gasteiger partial charge >= 0.3 is 12.5 Å². The second-order valence-corrected chi connectivity index (χ2v) is 3.04. The predicted molar refractivity (Wildman–Crippen MR) is 45.9 cm³/mol. The molecule has 0 spiro atoms. The van der Waals surface area contributed by atoms with Crippen molar-refractivity contribution in [2.75, 3.05) is 11.9 Å². The number of para-hydroxylation sites is 1. The highest BCUT2D eigenvalue weighted by Gasteiger charge is 2.40. The molecule has 90 valence electrons. The third-order valence-corrected chi connectivity index (χ3v) is 1.95. The van der Waals surface area contributed by atoms with E-state index in [9.17, 15) is 26.3 Å². The lowest BCUT2D eigenvalue weighted by molar-refractivity contribution is -0.140. The summed E-state index contributed by atoms with van der Waals surface area (Å²) in [5.74, 6) is 0. The van der Waals surface area contributed by atoms with Gasteiger partial charge in [-0.2, -0.15) is 26.3 Å². The van der Waals surface area contributed by atoms with E-state index in [-0.39, 0.29) is 4.90 Å². The van der Waals surface area contributed by atoms with E-state index in [0.29, 0.717) is 13.1 Å². The van der Waals surface area contributed by atoms with Gasteiger partial charge in [-0.15, -0.1) is 0 Å². The van der Waals surface area contributed by atoms with Crippen molar-refractivity contribution in [1.29, 1.82) is 0 Å². The topological polar surface area (TPSA) is 3.24 Å². The van der Waals surface area contributed by atoms with Gasteiger partial charge in [0.2, 0.25) is 0 Å². The molecule has 7 heteroatoms. The van der Waals surface area contributed by atoms with Gasteiger partial charge in [0.05, 0.1) is 11.3 Å². The van der Waals surface area contributed by atoms with Crippen LogP contribution in [0.2, 0.25) is 0 Å². The summed E-state index contributed by atoms with van der Waals surface area (Å²) in [6, 6.07) is 3.54. The standard InChI is InChI=1S/C9H7F6N/c1-16(9(13,14)15)7-5-3-2-4-6(7)8(10,11)12/h2-5H,1H3. The summed E-state index contributed by atoms with van der Waals surface area (Å²) in [5, 5.41) is 0. The molecular weight excluding hydrogens is 236 g/mol. The fraction of sp³-hybridized carbons (Fsp3) is 0.333. The number of rotatable bonds is 1. The molecule has 0 saturated heterocycles. The van der Waals surface area contributed by atoms with Crippen LogP contribution in [0.15, 0.2) is 24.3 Å². The fourth-order valence-corrected chi connectivity index (χ4v) is 1.14. The Kier molecular flexibility index (Phi) is 3.07. The van der Waals surface area contributed by atoms with Crippen LogP contribution in [0.25, 0.3) is 0 Å². The van der Waals surface area contributed by atoms with Crippen molar-refractivity contribution in [3.8, 4) is 0 Å². The minimum Gasteiger partial charge on any atom is -0.286 e. The molecule has 0 heterocycles. The molecule has 0 aliphatic rings. The summed E-state index contributed by atoms with van der Waals surface area (Å²) in [6.45, 7) is 0. The van der Waals surface area contributed by atoms with Crippen LogP contribution in [-0.2, 0) is 6.18 Å². The molecular formula is C9H7F6N. The highest BCUT2D eigenvalue weighted by molar-refractivity contribution is 5.54. The van der Waals surface area contributed by atoms with Crippen molar-refractivity contribution < 1.29 is 26.3 Å². The van der Waals surface area contributed by atoms with Crippen molar-refractivity contribution in [2.24, 2.45) is 0 Å². The lowest BCUT2D eigenvalue weighted by atomic mass is 10.1. The fourth-order valence-electron chi connectivity index (χ4n) is 1.14. The minimum atomic E-state index is -4.85. The number of halogens is 6. The van der Waals surface area contributed by atoms with E-state index < -0.39 is 23.7 Å². The molecule has 0 amide bonds. The first-order chi connectivity index (χ1) is 7.14. The van der Waals surface area contributed by atoms with E-state index >= 15 is 0 Å². The molecule has 0 N–H and O–H groups in total. The summed E-state index contributed by atoms with van der Waals surface area (Å²) in [4.78, 5) is -0.365. The molecule has 16 heavy (non-hydrogen) atoms. The van der Waals surface area contributed by atoms with Crippen LogP contribution >= 0.6 is 0 Å². The normalized spacial score (nSPS) is 12.7. The Labute approximate surface area is 87.3 Å². The number of anilines is 1. The van der Waals surface area contributed by atoms with Crippen LogP contribution in [0.5, 0.6) is 0 Å². The highest BCUT2D eigenvalue weighted by atomic mass is 19.4. The quantitative estimate of drug-likeness (QED) is 0.537. The van der Waals surface area contributed by atoms with Crippen molar-refractivity contribution in [3.63, 3.8) is 0 Å². The Morgan fingerprint density at radius 2 is 1.44 bits per heavy atom. The molecule has 1 aromatic carbocycles. The highest BCUT2D eigenvalue weighted by Crippen LogP contribution is 2.38. The van der Waals surface area contributed by atoms with E-state index in [1.807, 2.05) is 0 Å². The third-order valence-electron chi connectivity index (χ3n) is 1.95. The van der Waals surface area contributed by atoms with Gasteiger partial charge < -0.3 is 0 Å². The van der Waals surface area contributed by atoms with Gasteiger partial charge in [-0.1, -0.05) is 12.1 Å². The smallest absolute Gasteiger partial charge is 0.286 e. The van der Waals surface area contributed by atoms with Gasteiger partial charge in [0.25, 0.3) is 0 Å². The van der Waals surface area contributed by atoms with Crippen LogP contribution in [0.1, 0.15) is 5.56 Å². The molecule has 0 aliphatic heterocycles. The lowest BCUT2D eigenvalue weighted by Crippen LogP contribution is -2.35. The lowest BCUT2D eigenvalue weighted by Gasteiger charge is -2.25. The molecule has 0 fully saturated rings. The Morgan fingerprint density at radius 1 is 0.938 bits per heavy atom. The monoisotopic (exact) mass is 243 g/mol. The second kappa shape index (κ2) is 3.88. The molecule has 0 radical (unpaired) electrons. The van der Waals surface area contributed by atoms with Crippen LogP contribution in [0.4, 0.5) is 32.0 Å². The number of benzene rings is 1. The Bertz CT molecular complexity index is 367. The van der Waals surface area contributed by atoms with Gasteiger partial charge in [-0.3, -0.25) is 4.90 Å². The Morgan fingerprint density at radius 3 is 1.88 bits per heavy atom. The van der Waals surface area contributed by atoms with Gasteiger partial charge in [-0.25, -0.2) is 0 Å². The van der Waals surface area contributed by atoms with Crippen molar-refractivity contribution in [1.82, 2.24) is 0 Å². The van der Waals surface area contributed by atoms with E-state index in [2.05, 4.69) is 0 Å². The van der Waals surface area contributed by atoms with E-state index in [1.165, 1.54) is 0 Å². The Hall–Kier alpha value is -1.40. The van der Waals surface area contributed by atoms with Crippen LogP contribution in [0, 0.1) is 0 Å². The van der Waals surface area contributed by atoms with Gasteiger partial charge in [0, 0.05) is 7.05 Å². The molecule has 1 nitrogen and oxygen atoms in total. The molecule has 1 aromatic rings. The van der Waals surface area contributed by atoms with Gasteiger partial charge in [-0.05, 0) is 12.1 Å². The number of hydrogen-bond acceptors (Lipinski definition) is 1. The van der Waals surface area contributed by atoms with E-state index in [1.54, 1.807) is 0 Å². The largest absolute Gasteiger partial charge is 0.484 e. The minimum absolute atomic E-state index is 0.365. The third kappa shape index (κ3) is 2.59.